The van der Waals surface area contributed by atoms with Crippen LogP contribution < -0.4 is 5.32 Å². The number of carboxylic acid groups (broad SMARTS) is 1. The minimum Gasteiger partial charge on any atom is -0.481 e. The molecular formula is C16H18N2O3S. The van der Waals surface area contributed by atoms with Crippen LogP contribution in [0.15, 0.2) is 30.3 Å². The molecule has 2 aromatic rings. The summed E-state index contributed by atoms with van der Waals surface area (Å²) in [5.41, 5.74) is 0. The van der Waals surface area contributed by atoms with Gasteiger partial charge < -0.3 is 15.3 Å². The first-order valence-corrected chi connectivity index (χ1v) is 8.15. The van der Waals surface area contributed by atoms with Crippen LogP contribution in [0.3, 0.4) is 0 Å². The van der Waals surface area contributed by atoms with Crippen molar-refractivity contribution in [1.82, 2.24) is 10.2 Å². The zero-order chi connectivity index (χ0) is 15.5. The zero-order valence-corrected chi connectivity index (χ0v) is 12.9. The molecule has 0 aliphatic carbocycles. The maximum Gasteiger partial charge on any atom is 0.303 e. The molecule has 1 unspecified atom stereocenters. The van der Waals surface area contributed by atoms with Gasteiger partial charge in [-0.1, -0.05) is 18.2 Å². The first-order valence-electron chi connectivity index (χ1n) is 7.34. The van der Waals surface area contributed by atoms with E-state index in [1.807, 2.05) is 30.3 Å². The fourth-order valence-electron chi connectivity index (χ4n) is 2.80. The largest absolute Gasteiger partial charge is 0.481 e. The van der Waals surface area contributed by atoms with Crippen molar-refractivity contribution in [3.8, 4) is 0 Å². The minimum atomic E-state index is -0.817. The topological polar surface area (TPSA) is 69.6 Å². The maximum absolute atomic E-state index is 12.7. The number of amides is 1. The highest BCUT2D eigenvalue weighted by molar-refractivity contribution is 7.20. The fourth-order valence-corrected chi connectivity index (χ4v) is 3.83. The predicted octanol–water partition coefficient (Wildman–Crippen LogP) is 2.04. The quantitative estimate of drug-likeness (QED) is 0.908. The van der Waals surface area contributed by atoms with Gasteiger partial charge in [0, 0.05) is 30.9 Å². The number of hydrogen-bond donors (Lipinski definition) is 2. The molecule has 1 aromatic carbocycles. The highest BCUT2D eigenvalue weighted by Gasteiger charge is 2.25. The van der Waals surface area contributed by atoms with Crippen molar-refractivity contribution in [2.45, 2.75) is 6.42 Å². The van der Waals surface area contributed by atoms with Crippen LogP contribution in [0, 0.1) is 5.92 Å². The van der Waals surface area contributed by atoms with Gasteiger partial charge in [-0.15, -0.1) is 11.3 Å². The number of rotatable bonds is 3. The smallest absolute Gasteiger partial charge is 0.303 e. The van der Waals surface area contributed by atoms with Crippen molar-refractivity contribution >= 4 is 33.3 Å². The average molecular weight is 318 g/mol. The Labute approximate surface area is 132 Å². The van der Waals surface area contributed by atoms with Crippen LogP contribution in [0.1, 0.15) is 16.1 Å². The number of nitrogens with zero attached hydrogens (tertiary/aromatic N) is 1. The first-order chi connectivity index (χ1) is 10.6. The number of fused-ring (bicyclic) bond motifs is 1. The molecule has 1 fully saturated rings. The summed E-state index contributed by atoms with van der Waals surface area (Å²) >= 11 is 1.49. The van der Waals surface area contributed by atoms with Gasteiger partial charge in [0.05, 0.1) is 11.3 Å². The minimum absolute atomic E-state index is 0.000267. The van der Waals surface area contributed by atoms with E-state index < -0.39 is 5.97 Å². The van der Waals surface area contributed by atoms with Crippen LogP contribution in [0.2, 0.25) is 0 Å². The number of hydrogen-bond acceptors (Lipinski definition) is 4. The zero-order valence-electron chi connectivity index (χ0n) is 12.1. The Morgan fingerprint density at radius 3 is 2.95 bits per heavy atom. The molecule has 5 nitrogen and oxygen atoms in total. The summed E-state index contributed by atoms with van der Waals surface area (Å²) in [4.78, 5) is 26.1. The van der Waals surface area contributed by atoms with Crippen LogP contribution in [0.4, 0.5) is 0 Å². The van der Waals surface area contributed by atoms with Crippen LogP contribution >= 0.6 is 11.3 Å². The third kappa shape index (κ3) is 3.28. The van der Waals surface area contributed by atoms with Crippen LogP contribution in [0.5, 0.6) is 0 Å². The number of thiophene rings is 1. The lowest BCUT2D eigenvalue weighted by Gasteiger charge is -2.22. The molecular weight excluding hydrogens is 300 g/mol. The third-order valence-electron chi connectivity index (χ3n) is 3.86. The Morgan fingerprint density at radius 2 is 2.18 bits per heavy atom. The molecule has 1 aliphatic rings. The standard InChI is InChI=1S/C16H18N2O3S/c19-15(20)7-11-9-17-5-6-18(10-11)16(21)14-8-12-3-1-2-4-13(12)22-14/h1-4,8,11,17H,5-7,9-10H2,(H,19,20). The van der Waals surface area contributed by atoms with Crippen molar-refractivity contribution < 1.29 is 14.7 Å². The van der Waals surface area contributed by atoms with Crippen LogP contribution in [-0.4, -0.2) is 48.1 Å². The Bertz CT molecular complexity index is 665. The van der Waals surface area contributed by atoms with Crippen molar-refractivity contribution in [2.75, 3.05) is 26.2 Å². The molecule has 3 rings (SSSR count). The molecule has 0 saturated carbocycles. The number of nitrogens with one attached hydrogen (secondary N) is 1. The lowest BCUT2D eigenvalue weighted by atomic mass is 10.1. The molecule has 6 heteroatoms. The molecule has 0 radical (unpaired) electrons. The lowest BCUT2D eigenvalue weighted by molar-refractivity contribution is -0.138. The molecule has 0 bridgehead atoms. The Hall–Kier alpha value is -1.92. The third-order valence-corrected chi connectivity index (χ3v) is 4.96. The van der Waals surface area contributed by atoms with Gasteiger partial charge in [0.2, 0.25) is 0 Å². The van der Waals surface area contributed by atoms with Gasteiger partial charge >= 0.3 is 5.97 Å². The monoisotopic (exact) mass is 318 g/mol. The van der Waals surface area contributed by atoms with E-state index in [1.165, 1.54) is 11.3 Å². The van der Waals surface area contributed by atoms with Gasteiger partial charge in [-0.3, -0.25) is 9.59 Å². The SMILES string of the molecule is O=C(O)CC1CNCCN(C(=O)c2cc3ccccc3s2)C1. The Morgan fingerprint density at radius 1 is 1.36 bits per heavy atom. The van der Waals surface area contributed by atoms with E-state index in [0.717, 1.165) is 15.0 Å². The highest BCUT2D eigenvalue weighted by Crippen LogP contribution is 2.26. The summed E-state index contributed by atoms with van der Waals surface area (Å²) in [5, 5.41) is 13.3. The summed E-state index contributed by atoms with van der Waals surface area (Å²) < 4.78 is 1.10. The van der Waals surface area contributed by atoms with E-state index in [-0.39, 0.29) is 18.2 Å². The second kappa shape index (κ2) is 6.46. The summed E-state index contributed by atoms with van der Waals surface area (Å²) in [6.45, 7) is 2.45. The number of carboxylic acids is 1. The average Bonchev–Trinajstić information content (AvgIpc) is 2.79. The second-order valence-electron chi connectivity index (χ2n) is 5.57. The van der Waals surface area contributed by atoms with E-state index in [1.54, 1.807) is 4.90 Å². The molecule has 1 aliphatic heterocycles. The molecule has 2 heterocycles. The number of aliphatic carboxylic acids is 1. The van der Waals surface area contributed by atoms with Crippen LogP contribution in [0.25, 0.3) is 10.1 Å². The van der Waals surface area contributed by atoms with Crippen molar-refractivity contribution in [3.63, 3.8) is 0 Å². The van der Waals surface area contributed by atoms with Crippen molar-refractivity contribution in [1.29, 1.82) is 0 Å². The van der Waals surface area contributed by atoms with E-state index in [9.17, 15) is 9.59 Å². The fraction of sp³-hybridized carbons (Fsp3) is 0.375. The predicted molar refractivity (Wildman–Crippen MR) is 86.3 cm³/mol. The number of benzene rings is 1. The molecule has 22 heavy (non-hydrogen) atoms. The number of carbonyl (C=O) groups is 2. The Kier molecular flexibility index (Phi) is 4.40. The number of carbonyl (C=O) groups excluding carboxylic acids is 1. The summed E-state index contributed by atoms with van der Waals surface area (Å²) in [6.07, 6.45) is 0.0865. The Balaban J connectivity index is 1.78. The summed E-state index contributed by atoms with van der Waals surface area (Å²) in [7, 11) is 0. The van der Waals surface area contributed by atoms with Crippen LogP contribution in [-0.2, 0) is 4.79 Å². The summed E-state index contributed by atoms with van der Waals surface area (Å²) in [5.74, 6) is -0.860. The second-order valence-corrected chi connectivity index (χ2v) is 6.65. The summed E-state index contributed by atoms with van der Waals surface area (Å²) in [6, 6.07) is 9.86. The normalized spacial score (nSPS) is 19.1. The molecule has 1 atom stereocenters. The van der Waals surface area contributed by atoms with Gasteiger partial charge in [0.15, 0.2) is 0 Å². The van der Waals surface area contributed by atoms with Crippen molar-refractivity contribution in [2.24, 2.45) is 5.92 Å². The van der Waals surface area contributed by atoms with E-state index in [4.69, 9.17) is 5.11 Å². The molecule has 0 spiro atoms. The molecule has 1 aromatic heterocycles. The maximum atomic E-state index is 12.7. The van der Waals surface area contributed by atoms with Gasteiger partial charge in [-0.05, 0) is 23.4 Å². The lowest BCUT2D eigenvalue weighted by Crippen LogP contribution is -2.36. The van der Waals surface area contributed by atoms with Gasteiger partial charge in [0.1, 0.15) is 0 Å². The molecule has 2 N–H and O–H groups in total. The van der Waals surface area contributed by atoms with E-state index in [0.29, 0.717) is 26.2 Å². The molecule has 1 saturated heterocycles. The van der Waals surface area contributed by atoms with E-state index in [2.05, 4.69) is 5.32 Å². The molecule has 1 amide bonds. The first kappa shape index (κ1) is 15.0. The van der Waals surface area contributed by atoms with Gasteiger partial charge in [-0.2, -0.15) is 0 Å². The highest BCUT2D eigenvalue weighted by atomic mass is 32.1. The van der Waals surface area contributed by atoms with Crippen molar-refractivity contribution in [3.05, 3.63) is 35.2 Å². The van der Waals surface area contributed by atoms with Gasteiger partial charge in [-0.25, -0.2) is 0 Å². The van der Waals surface area contributed by atoms with Gasteiger partial charge in [0.25, 0.3) is 5.91 Å². The van der Waals surface area contributed by atoms with E-state index >= 15 is 0 Å². The molecule has 116 valence electrons.